The Morgan fingerprint density at radius 1 is 1.07 bits per heavy atom. The standard InChI is InChI=1S/C25H29NO4/c1-16(2)30-14-8-13-26-22(19-9-6-5-7-10-19)21(24(28)25(26)29)23(27)20-12-11-17(3)18(4)15-20/h5-7,9-12,15-16,22,27H,8,13-14H2,1-4H3/b23-21-. The molecule has 1 atom stereocenters. The highest BCUT2D eigenvalue weighted by Gasteiger charge is 2.45. The second kappa shape index (κ2) is 9.26. The molecule has 2 aromatic rings. The molecule has 3 rings (SSSR count). The minimum Gasteiger partial charge on any atom is -0.507 e. The third-order valence-electron chi connectivity index (χ3n) is 5.43. The molecule has 2 aromatic carbocycles. The first kappa shape index (κ1) is 21.8. The van der Waals surface area contributed by atoms with Crippen LogP contribution in [0.15, 0.2) is 54.1 Å². The molecule has 1 aliphatic rings. The summed E-state index contributed by atoms with van der Waals surface area (Å²) in [5.74, 6) is -1.37. The van der Waals surface area contributed by atoms with E-state index in [1.165, 1.54) is 0 Å². The molecule has 0 bridgehead atoms. The van der Waals surface area contributed by atoms with Gasteiger partial charge in [-0.3, -0.25) is 9.59 Å². The van der Waals surface area contributed by atoms with Crippen molar-refractivity contribution in [2.45, 2.75) is 46.3 Å². The van der Waals surface area contributed by atoms with Crippen molar-refractivity contribution < 1.29 is 19.4 Å². The topological polar surface area (TPSA) is 66.8 Å². The maximum absolute atomic E-state index is 13.0. The highest BCUT2D eigenvalue weighted by molar-refractivity contribution is 6.46. The predicted molar refractivity (Wildman–Crippen MR) is 117 cm³/mol. The lowest BCUT2D eigenvalue weighted by Crippen LogP contribution is -2.31. The number of amides is 1. The molecule has 1 aliphatic heterocycles. The van der Waals surface area contributed by atoms with Crippen molar-refractivity contribution in [3.63, 3.8) is 0 Å². The van der Waals surface area contributed by atoms with Crippen LogP contribution in [-0.4, -0.2) is 41.0 Å². The molecule has 5 heteroatoms. The van der Waals surface area contributed by atoms with Gasteiger partial charge in [0, 0.05) is 18.7 Å². The maximum Gasteiger partial charge on any atom is 0.295 e. The van der Waals surface area contributed by atoms with Crippen LogP contribution in [0.4, 0.5) is 0 Å². The summed E-state index contributed by atoms with van der Waals surface area (Å²) in [4.78, 5) is 27.4. The van der Waals surface area contributed by atoms with Crippen LogP contribution < -0.4 is 0 Å². The number of hydrogen-bond acceptors (Lipinski definition) is 4. The molecule has 158 valence electrons. The quantitative estimate of drug-likeness (QED) is 0.317. The molecule has 30 heavy (non-hydrogen) atoms. The Balaban J connectivity index is 2.02. The summed E-state index contributed by atoms with van der Waals surface area (Å²) in [5, 5.41) is 11.1. The van der Waals surface area contributed by atoms with Crippen molar-refractivity contribution >= 4 is 17.4 Å². The van der Waals surface area contributed by atoms with E-state index < -0.39 is 17.7 Å². The lowest BCUT2D eigenvalue weighted by atomic mass is 9.94. The van der Waals surface area contributed by atoms with Crippen LogP contribution in [0.3, 0.4) is 0 Å². The zero-order valence-electron chi connectivity index (χ0n) is 18.0. The maximum atomic E-state index is 13.0. The summed E-state index contributed by atoms with van der Waals surface area (Å²) >= 11 is 0. The number of aliphatic hydroxyl groups is 1. The first-order chi connectivity index (χ1) is 14.3. The summed E-state index contributed by atoms with van der Waals surface area (Å²) in [6.07, 6.45) is 0.716. The van der Waals surface area contributed by atoms with E-state index in [-0.39, 0.29) is 17.4 Å². The number of ether oxygens (including phenoxy) is 1. The molecule has 1 fully saturated rings. The highest BCUT2D eigenvalue weighted by atomic mass is 16.5. The van der Waals surface area contributed by atoms with Crippen molar-refractivity contribution in [1.82, 2.24) is 4.90 Å². The number of benzene rings is 2. The van der Waals surface area contributed by atoms with Crippen molar-refractivity contribution in [1.29, 1.82) is 0 Å². The molecule has 1 unspecified atom stereocenters. The van der Waals surface area contributed by atoms with Gasteiger partial charge in [-0.15, -0.1) is 0 Å². The normalized spacial score (nSPS) is 18.4. The summed E-state index contributed by atoms with van der Waals surface area (Å²) in [7, 11) is 0. The van der Waals surface area contributed by atoms with Gasteiger partial charge in [-0.25, -0.2) is 0 Å². The Morgan fingerprint density at radius 2 is 1.77 bits per heavy atom. The van der Waals surface area contributed by atoms with Crippen molar-refractivity contribution in [3.05, 3.63) is 76.4 Å². The van der Waals surface area contributed by atoms with Gasteiger partial charge in [-0.05, 0) is 56.9 Å². The zero-order chi connectivity index (χ0) is 21.8. The third-order valence-corrected chi connectivity index (χ3v) is 5.43. The van der Waals surface area contributed by atoms with Gasteiger partial charge in [0.05, 0.1) is 17.7 Å². The van der Waals surface area contributed by atoms with E-state index in [2.05, 4.69) is 0 Å². The third kappa shape index (κ3) is 4.46. The number of likely N-dealkylation sites (tertiary alicyclic amines) is 1. The number of nitrogens with zero attached hydrogens (tertiary/aromatic N) is 1. The first-order valence-electron chi connectivity index (χ1n) is 10.3. The Labute approximate surface area is 178 Å². The summed E-state index contributed by atoms with van der Waals surface area (Å²) < 4.78 is 5.59. The number of hydrogen-bond donors (Lipinski definition) is 1. The molecule has 0 spiro atoms. The number of aliphatic hydroxyl groups excluding tert-OH is 1. The summed E-state index contributed by atoms with van der Waals surface area (Å²) in [5.41, 5.74) is 3.58. The van der Waals surface area contributed by atoms with Gasteiger partial charge < -0.3 is 14.7 Å². The largest absolute Gasteiger partial charge is 0.507 e. The van der Waals surface area contributed by atoms with Crippen LogP contribution in [0, 0.1) is 13.8 Å². The number of carbonyl (C=O) groups excluding carboxylic acids is 2. The number of aryl methyl sites for hydroxylation is 2. The van der Waals surface area contributed by atoms with Crippen LogP contribution in [-0.2, 0) is 14.3 Å². The van der Waals surface area contributed by atoms with Gasteiger partial charge in [0.15, 0.2) is 0 Å². The molecule has 0 saturated carbocycles. The molecule has 0 aromatic heterocycles. The molecular formula is C25H29NO4. The van der Waals surface area contributed by atoms with E-state index in [4.69, 9.17) is 4.74 Å². The van der Waals surface area contributed by atoms with Crippen LogP contribution >= 0.6 is 0 Å². The van der Waals surface area contributed by atoms with E-state index in [0.717, 1.165) is 16.7 Å². The SMILES string of the molecule is Cc1ccc(/C(O)=C2/C(=O)C(=O)N(CCCOC(C)C)C2c2ccccc2)cc1C. The van der Waals surface area contributed by atoms with Gasteiger partial charge in [0.1, 0.15) is 5.76 Å². The molecule has 5 nitrogen and oxygen atoms in total. The van der Waals surface area contributed by atoms with Gasteiger partial charge in [0.25, 0.3) is 11.7 Å². The van der Waals surface area contributed by atoms with Crippen LogP contribution in [0.1, 0.15) is 48.6 Å². The molecule has 0 aliphatic carbocycles. The smallest absolute Gasteiger partial charge is 0.295 e. The second-order valence-corrected chi connectivity index (χ2v) is 7.98. The number of rotatable bonds is 7. The van der Waals surface area contributed by atoms with E-state index in [1.54, 1.807) is 11.0 Å². The lowest BCUT2D eigenvalue weighted by Gasteiger charge is -2.25. The van der Waals surface area contributed by atoms with E-state index >= 15 is 0 Å². The number of ketones is 1. The van der Waals surface area contributed by atoms with Gasteiger partial charge in [0.2, 0.25) is 0 Å². The molecule has 1 saturated heterocycles. The van der Waals surface area contributed by atoms with E-state index in [0.29, 0.717) is 25.1 Å². The minimum atomic E-state index is -0.649. The number of carbonyl (C=O) groups is 2. The molecule has 1 heterocycles. The highest BCUT2D eigenvalue weighted by Crippen LogP contribution is 2.39. The van der Waals surface area contributed by atoms with Crippen molar-refractivity contribution in [2.75, 3.05) is 13.2 Å². The fourth-order valence-electron chi connectivity index (χ4n) is 3.69. The Kier molecular flexibility index (Phi) is 6.73. The number of Topliss-reactive ketones (excluding diaryl/α,β-unsaturated/α-hetero) is 1. The Hall–Kier alpha value is -2.92. The summed E-state index contributed by atoms with van der Waals surface area (Å²) in [6.45, 7) is 8.73. The summed E-state index contributed by atoms with van der Waals surface area (Å²) in [6, 6.07) is 14.3. The average molecular weight is 408 g/mol. The van der Waals surface area contributed by atoms with Crippen molar-refractivity contribution in [2.24, 2.45) is 0 Å². The fourth-order valence-corrected chi connectivity index (χ4v) is 3.69. The Bertz CT molecular complexity index is 962. The monoisotopic (exact) mass is 407 g/mol. The molecular weight excluding hydrogens is 378 g/mol. The van der Waals surface area contributed by atoms with E-state index in [9.17, 15) is 14.7 Å². The molecule has 1 amide bonds. The average Bonchev–Trinajstić information content (AvgIpc) is 2.98. The fraction of sp³-hybridized carbons (Fsp3) is 0.360. The van der Waals surface area contributed by atoms with Gasteiger partial charge in [-0.2, -0.15) is 0 Å². The van der Waals surface area contributed by atoms with Crippen LogP contribution in [0.25, 0.3) is 5.76 Å². The van der Waals surface area contributed by atoms with Crippen LogP contribution in [0.2, 0.25) is 0 Å². The van der Waals surface area contributed by atoms with Crippen LogP contribution in [0.5, 0.6) is 0 Å². The molecule has 1 N–H and O–H groups in total. The van der Waals surface area contributed by atoms with Gasteiger partial charge >= 0.3 is 0 Å². The first-order valence-corrected chi connectivity index (χ1v) is 10.3. The van der Waals surface area contributed by atoms with Crippen molar-refractivity contribution in [3.8, 4) is 0 Å². The molecule has 0 radical (unpaired) electrons. The minimum absolute atomic E-state index is 0.107. The van der Waals surface area contributed by atoms with E-state index in [1.807, 2.05) is 70.2 Å². The zero-order valence-corrected chi connectivity index (χ0v) is 18.0. The predicted octanol–water partition coefficient (Wildman–Crippen LogP) is 4.54. The Morgan fingerprint density at radius 3 is 2.40 bits per heavy atom. The second-order valence-electron chi connectivity index (χ2n) is 7.98. The van der Waals surface area contributed by atoms with Gasteiger partial charge in [-0.1, -0.05) is 42.5 Å². The lowest BCUT2D eigenvalue weighted by molar-refractivity contribution is -0.140.